The minimum Gasteiger partial charge on any atom is -0.462 e. The molecule has 0 amide bonds. The first kappa shape index (κ1) is 23.7. The van der Waals surface area contributed by atoms with Gasteiger partial charge < -0.3 is 20.1 Å². The molecule has 11 heteroatoms. The molecule has 0 saturated carbocycles. The fraction of sp³-hybridized carbons (Fsp3) is 0.278. The average Bonchev–Trinajstić information content (AvgIpc) is 2.96. The molecule has 0 spiro atoms. The van der Waals surface area contributed by atoms with Gasteiger partial charge >= 0.3 is 11.9 Å². The van der Waals surface area contributed by atoms with Crippen LogP contribution in [0.3, 0.4) is 0 Å². The molecule has 0 aliphatic carbocycles. The topological polar surface area (TPSA) is 76.7 Å². The van der Waals surface area contributed by atoms with E-state index in [2.05, 4.69) is 10.6 Å². The fourth-order valence-corrected chi connectivity index (χ4v) is 4.28. The number of thiocarbonyl (C=S) groups is 1. The summed E-state index contributed by atoms with van der Waals surface area (Å²) < 4.78 is 10.2. The van der Waals surface area contributed by atoms with Crippen molar-refractivity contribution >= 4 is 86.1 Å². The maximum Gasteiger partial charge on any atom is 0.348 e. The zero-order valence-electron chi connectivity index (χ0n) is 15.7. The average molecular weight is 496 g/mol. The number of nitrogens with one attached hydrogen (secondary N) is 2. The molecule has 0 radical (unpaired) electrons. The minimum absolute atomic E-state index is 0.132. The number of rotatable bonds is 6. The predicted octanol–water partition coefficient (Wildman–Crippen LogP) is 6.18. The van der Waals surface area contributed by atoms with E-state index in [0.29, 0.717) is 31.3 Å². The Morgan fingerprint density at radius 2 is 1.59 bits per heavy atom. The monoisotopic (exact) mass is 494 g/mol. The Bertz CT molecular complexity index is 963. The number of esters is 2. The van der Waals surface area contributed by atoms with Crippen LogP contribution in [0.25, 0.3) is 0 Å². The Hall–Kier alpha value is -1.58. The summed E-state index contributed by atoms with van der Waals surface area (Å²) in [6.45, 7) is 5.43. The number of thiophene rings is 1. The van der Waals surface area contributed by atoms with Gasteiger partial charge in [-0.25, -0.2) is 9.59 Å². The summed E-state index contributed by atoms with van der Waals surface area (Å²) in [6.07, 6.45) is 0. The summed E-state index contributed by atoms with van der Waals surface area (Å²) in [5, 5.41) is 7.19. The van der Waals surface area contributed by atoms with Crippen LogP contribution in [-0.2, 0) is 9.47 Å². The Kier molecular flexibility index (Phi) is 8.54. The highest BCUT2D eigenvalue weighted by Crippen LogP contribution is 2.35. The Labute approximate surface area is 192 Å². The number of ether oxygens (including phenoxy) is 2. The zero-order chi connectivity index (χ0) is 21.7. The van der Waals surface area contributed by atoms with Gasteiger partial charge in [-0.05, 0) is 50.7 Å². The third-order valence-electron chi connectivity index (χ3n) is 3.57. The summed E-state index contributed by atoms with van der Waals surface area (Å²) in [4.78, 5) is 24.9. The van der Waals surface area contributed by atoms with Crippen LogP contribution in [0.2, 0.25) is 15.1 Å². The number of hydrogen-bond acceptors (Lipinski definition) is 6. The first-order valence-electron chi connectivity index (χ1n) is 8.39. The summed E-state index contributed by atoms with van der Waals surface area (Å²) in [6, 6.07) is 3.00. The molecule has 0 aliphatic rings. The van der Waals surface area contributed by atoms with E-state index < -0.39 is 11.9 Å². The molecule has 0 unspecified atom stereocenters. The largest absolute Gasteiger partial charge is 0.462 e. The highest BCUT2D eigenvalue weighted by Gasteiger charge is 2.27. The summed E-state index contributed by atoms with van der Waals surface area (Å²) >= 11 is 24.5. The Morgan fingerprint density at radius 1 is 1.00 bits per heavy atom. The van der Waals surface area contributed by atoms with Crippen molar-refractivity contribution in [3.63, 3.8) is 0 Å². The van der Waals surface area contributed by atoms with Crippen molar-refractivity contribution in [1.82, 2.24) is 0 Å². The van der Waals surface area contributed by atoms with E-state index in [1.165, 1.54) is 12.1 Å². The van der Waals surface area contributed by atoms with E-state index >= 15 is 0 Å². The second kappa shape index (κ2) is 10.4. The normalized spacial score (nSPS) is 10.4. The number of carbonyl (C=O) groups excluding carboxylic acids is 2. The molecule has 2 aromatic rings. The summed E-state index contributed by atoms with van der Waals surface area (Å²) in [7, 11) is 0. The molecule has 1 heterocycles. The zero-order valence-corrected chi connectivity index (χ0v) is 19.6. The van der Waals surface area contributed by atoms with E-state index in [1.54, 1.807) is 20.8 Å². The van der Waals surface area contributed by atoms with Crippen molar-refractivity contribution in [2.45, 2.75) is 20.8 Å². The van der Waals surface area contributed by atoms with E-state index in [-0.39, 0.29) is 28.8 Å². The standard InChI is InChI=1S/C18H17Cl3N2O4S2/c1-4-26-16(24)13-8(3)14(17(25)27-5-2)29-15(13)23-18(28)22-12-7-10(20)9(19)6-11(12)21/h6-7H,4-5H2,1-3H3,(H2,22,23,28). The molecule has 1 aromatic heterocycles. The highest BCUT2D eigenvalue weighted by atomic mass is 35.5. The smallest absolute Gasteiger partial charge is 0.348 e. The van der Waals surface area contributed by atoms with Crippen LogP contribution < -0.4 is 10.6 Å². The lowest BCUT2D eigenvalue weighted by Crippen LogP contribution is -2.20. The maximum absolute atomic E-state index is 12.4. The second-order valence-electron chi connectivity index (χ2n) is 5.53. The van der Waals surface area contributed by atoms with Crippen molar-refractivity contribution in [2.75, 3.05) is 23.8 Å². The number of carbonyl (C=O) groups is 2. The van der Waals surface area contributed by atoms with Gasteiger partial charge in [0.2, 0.25) is 0 Å². The molecule has 156 valence electrons. The summed E-state index contributed by atoms with van der Waals surface area (Å²) in [5.41, 5.74) is 1.09. The van der Waals surface area contributed by atoms with Gasteiger partial charge in [-0.15, -0.1) is 11.3 Å². The molecule has 0 fully saturated rings. The quantitative estimate of drug-likeness (QED) is 0.281. The van der Waals surface area contributed by atoms with Crippen LogP contribution in [0.4, 0.5) is 10.7 Å². The Morgan fingerprint density at radius 3 is 2.21 bits per heavy atom. The lowest BCUT2D eigenvalue weighted by molar-refractivity contribution is 0.0527. The van der Waals surface area contributed by atoms with Crippen LogP contribution in [0, 0.1) is 6.92 Å². The summed E-state index contributed by atoms with van der Waals surface area (Å²) in [5.74, 6) is -1.10. The number of anilines is 2. The molecule has 0 aliphatic heterocycles. The van der Waals surface area contributed by atoms with E-state index in [4.69, 9.17) is 56.5 Å². The van der Waals surface area contributed by atoms with Crippen LogP contribution in [0.15, 0.2) is 12.1 Å². The molecule has 2 N–H and O–H groups in total. The van der Waals surface area contributed by atoms with Crippen LogP contribution in [0.5, 0.6) is 0 Å². The van der Waals surface area contributed by atoms with Crippen LogP contribution in [0.1, 0.15) is 39.4 Å². The minimum atomic E-state index is -0.574. The predicted molar refractivity (Wildman–Crippen MR) is 122 cm³/mol. The number of benzene rings is 1. The molecule has 0 saturated heterocycles. The van der Waals surface area contributed by atoms with E-state index in [0.717, 1.165) is 11.3 Å². The third kappa shape index (κ3) is 5.73. The van der Waals surface area contributed by atoms with Crippen molar-refractivity contribution in [1.29, 1.82) is 0 Å². The second-order valence-corrected chi connectivity index (χ2v) is 8.18. The van der Waals surface area contributed by atoms with Gasteiger partial charge in [0, 0.05) is 0 Å². The van der Waals surface area contributed by atoms with Crippen molar-refractivity contribution in [2.24, 2.45) is 0 Å². The molecule has 29 heavy (non-hydrogen) atoms. The van der Waals surface area contributed by atoms with Crippen molar-refractivity contribution in [3.8, 4) is 0 Å². The molecule has 2 rings (SSSR count). The van der Waals surface area contributed by atoms with Crippen molar-refractivity contribution in [3.05, 3.63) is 43.2 Å². The lowest BCUT2D eigenvalue weighted by Gasteiger charge is -2.13. The van der Waals surface area contributed by atoms with Gasteiger partial charge in [-0.2, -0.15) is 0 Å². The lowest BCUT2D eigenvalue weighted by atomic mass is 10.1. The van der Waals surface area contributed by atoms with E-state index in [9.17, 15) is 9.59 Å². The number of hydrogen-bond donors (Lipinski definition) is 2. The molecule has 6 nitrogen and oxygen atoms in total. The van der Waals surface area contributed by atoms with Crippen molar-refractivity contribution < 1.29 is 19.1 Å². The van der Waals surface area contributed by atoms with Gasteiger partial charge in [-0.1, -0.05) is 34.8 Å². The van der Waals surface area contributed by atoms with Gasteiger partial charge in [0.05, 0.1) is 39.5 Å². The van der Waals surface area contributed by atoms with Gasteiger partial charge in [0.1, 0.15) is 9.88 Å². The fourth-order valence-electron chi connectivity index (χ4n) is 2.32. The van der Waals surface area contributed by atoms with Gasteiger partial charge in [0.25, 0.3) is 0 Å². The van der Waals surface area contributed by atoms with Crippen LogP contribution in [-0.4, -0.2) is 30.3 Å². The number of halogens is 3. The third-order valence-corrected chi connectivity index (χ3v) is 6.00. The van der Waals surface area contributed by atoms with Gasteiger partial charge in [-0.3, -0.25) is 0 Å². The highest BCUT2D eigenvalue weighted by molar-refractivity contribution is 7.80. The molecule has 0 atom stereocenters. The molecule has 0 bridgehead atoms. The first-order valence-corrected chi connectivity index (χ1v) is 10.8. The van der Waals surface area contributed by atoms with Gasteiger partial charge in [0.15, 0.2) is 5.11 Å². The molecule has 1 aromatic carbocycles. The van der Waals surface area contributed by atoms with E-state index in [1.807, 2.05) is 0 Å². The Balaban J connectivity index is 2.34. The molecular formula is C18H17Cl3N2O4S2. The first-order chi connectivity index (χ1) is 13.7. The SMILES string of the molecule is CCOC(=O)c1sc(NC(=S)Nc2cc(Cl)c(Cl)cc2Cl)c(C(=O)OCC)c1C. The molecular weight excluding hydrogens is 479 g/mol. The van der Waals surface area contributed by atoms with Crippen LogP contribution >= 0.6 is 58.4 Å². The maximum atomic E-state index is 12.4.